The Balaban J connectivity index is 1.84. The van der Waals surface area contributed by atoms with E-state index in [0.29, 0.717) is 12.8 Å². The molecule has 2 heterocycles. The van der Waals surface area contributed by atoms with Crippen LogP contribution in [0, 0.1) is 45.6 Å². The van der Waals surface area contributed by atoms with Gasteiger partial charge in [-0.1, -0.05) is 39.0 Å². The Bertz CT molecular complexity index is 825. The van der Waals surface area contributed by atoms with E-state index in [1.165, 1.54) is 7.11 Å². The van der Waals surface area contributed by atoms with Gasteiger partial charge in [0.15, 0.2) is 6.10 Å². The number of ether oxygens (including phenoxy) is 3. The topological polar surface area (TPSA) is 108 Å². The van der Waals surface area contributed by atoms with Crippen LogP contribution in [0.1, 0.15) is 40.5 Å². The lowest BCUT2D eigenvalue weighted by Gasteiger charge is -2.48. The van der Waals surface area contributed by atoms with Crippen molar-refractivity contribution in [1.82, 2.24) is 0 Å². The van der Waals surface area contributed by atoms with E-state index in [-0.39, 0.29) is 65.2 Å². The van der Waals surface area contributed by atoms with Crippen molar-refractivity contribution in [2.24, 2.45) is 35.5 Å². The normalized spacial score (nSPS) is 49.6. The van der Waals surface area contributed by atoms with Crippen LogP contribution in [0.3, 0.4) is 0 Å². The highest BCUT2D eigenvalue weighted by atomic mass is 16.6. The third-order valence-electron chi connectivity index (χ3n) is 8.50. The van der Waals surface area contributed by atoms with Crippen molar-refractivity contribution in [3.63, 3.8) is 0 Å². The van der Waals surface area contributed by atoms with Crippen LogP contribution in [0.4, 0.5) is 0 Å². The molecule has 32 heavy (non-hydrogen) atoms. The zero-order valence-corrected chi connectivity index (χ0v) is 19.5. The van der Waals surface area contributed by atoms with Crippen LogP contribution in [0.2, 0.25) is 0 Å². The Hall–Kier alpha value is -1.77. The minimum Gasteiger partial charge on any atom is -0.460 e. The molecule has 0 aromatic heterocycles. The fourth-order valence-electron chi connectivity index (χ4n) is 6.86. The van der Waals surface area contributed by atoms with Gasteiger partial charge in [-0.2, -0.15) is 0 Å². The largest absolute Gasteiger partial charge is 0.460 e. The van der Waals surface area contributed by atoms with Crippen molar-refractivity contribution < 1.29 is 29.0 Å². The van der Waals surface area contributed by atoms with Gasteiger partial charge in [-0.3, -0.25) is 10.1 Å². The Labute approximate surface area is 189 Å². The molecule has 1 unspecified atom stereocenters. The number of nitrogens with zero attached hydrogens (tertiary/aromatic N) is 1. The molecular weight excluding hydrogens is 414 g/mol. The molecule has 1 saturated heterocycles. The summed E-state index contributed by atoms with van der Waals surface area (Å²) in [6.45, 7) is 7.69. The zero-order valence-electron chi connectivity index (χ0n) is 19.5. The van der Waals surface area contributed by atoms with Gasteiger partial charge in [0.25, 0.3) is 0 Å². The summed E-state index contributed by atoms with van der Waals surface area (Å²) in [4.78, 5) is 24.0. The van der Waals surface area contributed by atoms with Gasteiger partial charge < -0.3 is 19.3 Å². The average molecular weight is 450 g/mol. The van der Waals surface area contributed by atoms with Crippen LogP contribution in [0.15, 0.2) is 23.8 Å². The van der Waals surface area contributed by atoms with E-state index in [1.54, 1.807) is 0 Å². The van der Waals surface area contributed by atoms with E-state index in [1.807, 2.05) is 33.8 Å². The fourth-order valence-corrected chi connectivity index (χ4v) is 6.86. The maximum Gasteiger partial charge on any atom is 0.335 e. The molecule has 8 heteroatoms. The second kappa shape index (κ2) is 8.54. The quantitative estimate of drug-likeness (QED) is 0.304. The minimum absolute atomic E-state index is 0.0490. The zero-order chi connectivity index (χ0) is 23.4. The van der Waals surface area contributed by atoms with Gasteiger partial charge in [-0.25, -0.2) is 4.79 Å². The fraction of sp³-hybridized carbons (Fsp3) is 0.792. The maximum atomic E-state index is 12.9. The van der Waals surface area contributed by atoms with E-state index >= 15 is 0 Å². The van der Waals surface area contributed by atoms with Gasteiger partial charge >= 0.3 is 5.97 Å². The maximum absolute atomic E-state index is 12.9. The Morgan fingerprint density at radius 2 is 2.06 bits per heavy atom. The average Bonchev–Trinajstić information content (AvgIpc) is 2.94. The number of cyclic esters (lactones) is 1. The van der Waals surface area contributed by atoms with Gasteiger partial charge in [-0.15, -0.1) is 0 Å². The molecule has 1 spiro atoms. The van der Waals surface area contributed by atoms with Crippen LogP contribution in [-0.4, -0.2) is 59.7 Å². The first-order chi connectivity index (χ1) is 15.1. The van der Waals surface area contributed by atoms with Crippen LogP contribution < -0.4 is 0 Å². The molecule has 178 valence electrons. The Morgan fingerprint density at radius 1 is 1.34 bits per heavy atom. The SMILES string of the molecule is CC[C@H]1OC(=O)[C@@H](OC)C[C@H]2C=C[C@H]3[C@H]4O[C@]2(/C(C)=C/[C@H]1C)[C@@H]3[C@H](O)C(C)[C@H]4C[N+](=O)[O-]. The van der Waals surface area contributed by atoms with Crippen LogP contribution in [-0.2, 0) is 19.0 Å². The monoisotopic (exact) mass is 449 g/mol. The molecule has 8 nitrogen and oxygen atoms in total. The summed E-state index contributed by atoms with van der Waals surface area (Å²) in [5.41, 5.74) is 0.167. The van der Waals surface area contributed by atoms with E-state index in [0.717, 1.165) is 5.57 Å². The summed E-state index contributed by atoms with van der Waals surface area (Å²) >= 11 is 0. The summed E-state index contributed by atoms with van der Waals surface area (Å²) in [5.74, 6) is -1.61. The molecule has 4 bridgehead atoms. The Morgan fingerprint density at radius 3 is 2.69 bits per heavy atom. The molecule has 2 aliphatic carbocycles. The number of nitro groups is 1. The summed E-state index contributed by atoms with van der Waals surface area (Å²) in [5, 5.41) is 22.9. The number of hydrogen-bond acceptors (Lipinski definition) is 7. The van der Waals surface area contributed by atoms with Gasteiger partial charge in [-0.05, 0) is 31.3 Å². The molecule has 11 atom stereocenters. The van der Waals surface area contributed by atoms with Crippen molar-refractivity contribution in [2.45, 2.75) is 70.6 Å². The van der Waals surface area contributed by atoms with Gasteiger partial charge in [0, 0.05) is 35.7 Å². The first-order valence-electron chi connectivity index (χ1n) is 11.7. The van der Waals surface area contributed by atoms with E-state index in [4.69, 9.17) is 14.2 Å². The van der Waals surface area contributed by atoms with Crippen molar-refractivity contribution in [3.8, 4) is 0 Å². The molecule has 2 aliphatic heterocycles. The van der Waals surface area contributed by atoms with Gasteiger partial charge in [0.1, 0.15) is 11.7 Å². The van der Waals surface area contributed by atoms with Crippen molar-refractivity contribution in [3.05, 3.63) is 33.9 Å². The third-order valence-corrected chi connectivity index (χ3v) is 8.50. The molecule has 1 N–H and O–H groups in total. The minimum atomic E-state index is -0.829. The molecule has 1 saturated carbocycles. The smallest absolute Gasteiger partial charge is 0.335 e. The van der Waals surface area contributed by atoms with Gasteiger partial charge in [0.05, 0.1) is 18.1 Å². The summed E-state index contributed by atoms with van der Waals surface area (Å²) in [7, 11) is 1.50. The Kier molecular flexibility index (Phi) is 6.24. The molecular formula is C24H35NO7. The van der Waals surface area contributed by atoms with Crippen molar-refractivity contribution >= 4 is 5.97 Å². The van der Waals surface area contributed by atoms with Gasteiger partial charge in [0.2, 0.25) is 6.54 Å². The summed E-state index contributed by atoms with van der Waals surface area (Å²) in [6.07, 6.45) is 5.12. The molecule has 2 fully saturated rings. The number of carbonyl (C=O) groups excluding carboxylic acids is 1. The first-order valence-corrected chi connectivity index (χ1v) is 11.7. The van der Waals surface area contributed by atoms with Crippen molar-refractivity contribution in [2.75, 3.05) is 13.7 Å². The second-order valence-electron chi connectivity index (χ2n) is 10.1. The molecule has 0 amide bonds. The van der Waals surface area contributed by atoms with E-state index in [9.17, 15) is 20.0 Å². The summed E-state index contributed by atoms with van der Waals surface area (Å²) in [6, 6.07) is 0. The summed E-state index contributed by atoms with van der Waals surface area (Å²) < 4.78 is 18.2. The molecule has 0 aromatic rings. The van der Waals surface area contributed by atoms with Crippen molar-refractivity contribution in [1.29, 1.82) is 0 Å². The van der Waals surface area contributed by atoms with E-state index < -0.39 is 17.8 Å². The first kappa shape index (κ1) is 23.4. The lowest BCUT2D eigenvalue weighted by molar-refractivity contribution is -0.494. The van der Waals surface area contributed by atoms with E-state index in [2.05, 4.69) is 12.2 Å². The van der Waals surface area contributed by atoms with Crippen LogP contribution in [0.25, 0.3) is 0 Å². The molecule has 4 aliphatic rings. The van der Waals surface area contributed by atoms with Crippen LogP contribution in [0.5, 0.6) is 0 Å². The number of aliphatic hydroxyl groups is 1. The number of carbonyl (C=O) groups is 1. The molecule has 0 aromatic carbocycles. The van der Waals surface area contributed by atoms with Crippen LogP contribution >= 0.6 is 0 Å². The lowest BCUT2D eigenvalue weighted by atomic mass is 9.56. The highest BCUT2D eigenvalue weighted by Gasteiger charge is 2.68. The highest BCUT2D eigenvalue weighted by Crippen LogP contribution is 2.62. The predicted molar refractivity (Wildman–Crippen MR) is 116 cm³/mol. The lowest BCUT2D eigenvalue weighted by Crippen LogP contribution is -2.56. The number of rotatable bonds is 4. The molecule has 0 radical (unpaired) electrons. The highest BCUT2D eigenvalue weighted by molar-refractivity contribution is 5.75. The number of esters is 1. The second-order valence-corrected chi connectivity index (χ2v) is 10.1. The number of methoxy groups -OCH3 is 1. The number of aliphatic hydroxyl groups excluding tert-OH is 1. The standard InChI is InChI=1S/C24H35NO7/c1-6-18-12(2)9-13(3)24-15(10-19(30-5)23(27)31-18)7-8-16-20(24)21(26)14(4)17(11-25(28)29)22(16)32-24/h7-9,12,14-22,26H,6,10-11H2,1-5H3/b13-9+/t12-,14?,15-,16-,17-,18-,19+,20+,21-,22-,24+/m1/s1. The predicted octanol–water partition coefficient (Wildman–Crippen LogP) is 2.77. The molecule has 4 rings (SSSR count). The number of hydrogen-bond donors (Lipinski definition) is 1. The third kappa shape index (κ3) is 3.42.